The predicted octanol–water partition coefficient (Wildman–Crippen LogP) is 4.91. The molecule has 5 rings (SSSR count). The molecule has 1 saturated heterocycles. The van der Waals surface area contributed by atoms with Crippen LogP contribution in [0.25, 0.3) is 33.4 Å². The zero-order valence-electron chi connectivity index (χ0n) is 21.8. The number of aliphatic carboxylic acids is 1. The Balaban J connectivity index is 0.00000370. The molecule has 0 saturated carbocycles. The van der Waals surface area contributed by atoms with Gasteiger partial charge in [0.2, 0.25) is 5.95 Å². The average molecular weight is 547 g/mol. The summed E-state index contributed by atoms with van der Waals surface area (Å²) in [5.74, 6) is -1.39. The number of benzene rings is 1. The number of fused-ring (bicyclic) bond motifs is 1. The van der Waals surface area contributed by atoms with Crippen molar-refractivity contribution >= 4 is 29.0 Å². The highest BCUT2D eigenvalue weighted by Crippen LogP contribution is 2.34. The standard InChI is InChI=1S/C28H30N6O5.CH4/c1-3-39-28(37)33-27-31-24-14-20(19-4-5-21(30-15-19)16-34-8-10-38-11-9-34)12-22(25(24)32-27)23-13-18(6-7-29-23)17(2)26(35)36;/h4-7,12-15,17H,3,8-11,16H2,1-2H3,(H,35,36)(H2,31,32,33,37);1H4. The molecular formula is C29H34N6O5. The van der Waals surface area contributed by atoms with E-state index in [9.17, 15) is 14.7 Å². The molecular weight excluding hydrogens is 512 g/mol. The molecule has 1 unspecified atom stereocenters. The van der Waals surface area contributed by atoms with Crippen LogP contribution in [0.3, 0.4) is 0 Å². The van der Waals surface area contributed by atoms with Crippen molar-refractivity contribution in [3.8, 4) is 22.4 Å². The van der Waals surface area contributed by atoms with Crippen LogP contribution in [0.15, 0.2) is 48.8 Å². The molecule has 1 aromatic carbocycles. The molecule has 11 heteroatoms. The predicted molar refractivity (Wildman–Crippen MR) is 152 cm³/mol. The van der Waals surface area contributed by atoms with E-state index in [0.29, 0.717) is 27.9 Å². The minimum Gasteiger partial charge on any atom is -0.481 e. The Kier molecular flexibility index (Phi) is 9.08. The number of carbonyl (C=O) groups is 2. The molecule has 40 heavy (non-hydrogen) atoms. The van der Waals surface area contributed by atoms with Crippen LogP contribution < -0.4 is 5.32 Å². The fraction of sp³-hybridized carbons (Fsp3) is 0.345. The van der Waals surface area contributed by atoms with Crippen molar-refractivity contribution in [3.63, 3.8) is 0 Å². The SMILES string of the molecule is C.CCOC(=O)Nc1nc2c(-c3cc(C(C)C(=O)O)ccn3)cc(-c3ccc(CN4CCOCC4)nc3)cc2[nH]1. The number of aromatic amines is 1. The van der Waals surface area contributed by atoms with E-state index < -0.39 is 18.0 Å². The maximum Gasteiger partial charge on any atom is 0.413 e. The molecule has 11 nitrogen and oxygen atoms in total. The zero-order valence-corrected chi connectivity index (χ0v) is 21.8. The summed E-state index contributed by atoms with van der Waals surface area (Å²) < 4.78 is 10.4. The third kappa shape index (κ3) is 6.44. The average Bonchev–Trinajstić information content (AvgIpc) is 3.35. The van der Waals surface area contributed by atoms with Crippen LogP contribution in [0, 0.1) is 0 Å². The normalized spacial score (nSPS) is 14.3. The smallest absolute Gasteiger partial charge is 0.413 e. The number of anilines is 1. The van der Waals surface area contributed by atoms with Crippen LogP contribution in [-0.2, 0) is 20.8 Å². The van der Waals surface area contributed by atoms with Crippen molar-refractivity contribution in [1.82, 2.24) is 24.8 Å². The van der Waals surface area contributed by atoms with Crippen LogP contribution in [0.2, 0.25) is 0 Å². The lowest BCUT2D eigenvalue weighted by Gasteiger charge is -2.26. The largest absolute Gasteiger partial charge is 0.481 e. The van der Waals surface area contributed by atoms with Crippen LogP contribution in [0.5, 0.6) is 0 Å². The van der Waals surface area contributed by atoms with Gasteiger partial charge in [-0.1, -0.05) is 13.5 Å². The number of carboxylic acids is 1. The van der Waals surface area contributed by atoms with Gasteiger partial charge < -0.3 is 19.6 Å². The second kappa shape index (κ2) is 12.7. The first-order chi connectivity index (χ1) is 18.9. The van der Waals surface area contributed by atoms with Crippen LogP contribution in [-0.4, -0.2) is 74.9 Å². The molecule has 4 heterocycles. The third-order valence-corrected chi connectivity index (χ3v) is 6.66. The highest BCUT2D eigenvalue weighted by molar-refractivity contribution is 5.97. The quantitative estimate of drug-likeness (QED) is 0.281. The van der Waals surface area contributed by atoms with Crippen molar-refractivity contribution in [2.24, 2.45) is 0 Å². The van der Waals surface area contributed by atoms with Crippen molar-refractivity contribution in [1.29, 1.82) is 0 Å². The first-order valence-electron chi connectivity index (χ1n) is 12.8. The van der Waals surface area contributed by atoms with Gasteiger partial charge in [0.1, 0.15) is 0 Å². The molecule has 0 radical (unpaired) electrons. The van der Waals surface area contributed by atoms with Crippen LogP contribution in [0.1, 0.15) is 38.4 Å². The Morgan fingerprint density at radius 3 is 2.65 bits per heavy atom. The van der Waals surface area contributed by atoms with E-state index >= 15 is 0 Å². The van der Waals surface area contributed by atoms with Crippen molar-refractivity contribution in [2.75, 3.05) is 38.2 Å². The van der Waals surface area contributed by atoms with Gasteiger partial charge in [0, 0.05) is 43.2 Å². The third-order valence-electron chi connectivity index (χ3n) is 6.66. The lowest BCUT2D eigenvalue weighted by Crippen LogP contribution is -2.35. The summed E-state index contributed by atoms with van der Waals surface area (Å²) in [6.45, 7) is 7.59. The van der Waals surface area contributed by atoms with E-state index in [0.717, 1.165) is 49.7 Å². The van der Waals surface area contributed by atoms with E-state index in [1.165, 1.54) is 0 Å². The van der Waals surface area contributed by atoms with Crippen molar-refractivity contribution < 1.29 is 24.2 Å². The Hall–Kier alpha value is -4.35. The monoisotopic (exact) mass is 546 g/mol. The van der Waals surface area contributed by atoms with Crippen LogP contribution in [0.4, 0.5) is 10.7 Å². The number of imidazole rings is 1. The minimum absolute atomic E-state index is 0. The summed E-state index contributed by atoms with van der Waals surface area (Å²) in [7, 11) is 0. The molecule has 1 fully saturated rings. The summed E-state index contributed by atoms with van der Waals surface area (Å²) in [5.41, 5.74) is 5.87. The van der Waals surface area contributed by atoms with E-state index in [1.54, 1.807) is 32.2 Å². The summed E-state index contributed by atoms with van der Waals surface area (Å²) >= 11 is 0. The molecule has 1 amide bonds. The topological polar surface area (TPSA) is 143 Å². The van der Waals surface area contributed by atoms with Gasteiger partial charge in [-0.05, 0) is 55.3 Å². The summed E-state index contributed by atoms with van der Waals surface area (Å²) in [4.78, 5) is 42.9. The molecule has 4 aromatic rings. The van der Waals surface area contributed by atoms with Gasteiger partial charge in [-0.2, -0.15) is 0 Å². The lowest BCUT2D eigenvalue weighted by molar-refractivity contribution is -0.138. The molecule has 0 aliphatic carbocycles. The fourth-order valence-corrected chi connectivity index (χ4v) is 4.49. The molecule has 0 bridgehead atoms. The van der Waals surface area contributed by atoms with Gasteiger partial charge in [-0.3, -0.25) is 25.0 Å². The Morgan fingerprint density at radius 1 is 1.15 bits per heavy atom. The summed E-state index contributed by atoms with van der Waals surface area (Å²) in [6.07, 6.45) is 2.81. The van der Waals surface area contributed by atoms with Gasteiger partial charge in [0.05, 0.1) is 48.2 Å². The number of pyridine rings is 2. The van der Waals surface area contributed by atoms with Crippen molar-refractivity contribution in [3.05, 3.63) is 60.0 Å². The molecule has 210 valence electrons. The Morgan fingerprint density at radius 2 is 1.95 bits per heavy atom. The maximum atomic E-state index is 12.0. The maximum absolute atomic E-state index is 12.0. The zero-order chi connectivity index (χ0) is 27.4. The van der Waals surface area contributed by atoms with E-state index in [1.807, 2.05) is 30.5 Å². The van der Waals surface area contributed by atoms with E-state index in [2.05, 4.69) is 25.2 Å². The van der Waals surface area contributed by atoms with Gasteiger partial charge in [-0.25, -0.2) is 9.78 Å². The number of hydrogen-bond donors (Lipinski definition) is 3. The van der Waals surface area contributed by atoms with Gasteiger partial charge in [0.15, 0.2) is 0 Å². The van der Waals surface area contributed by atoms with Crippen molar-refractivity contribution in [2.45, 2.75) is 33.7 Å². The fourth-order valence-electron chi connectivity index (χ4n) is 4.49. The molecule has 3 aromatic heterocycles. The van der Waals surface area contributed by atoms with Gasteiger partial charge >= 0.3 is 12.1 Å². The second-order valence-corrected chi connectivity index (χ2v) is 9.31. The lowest BCUT2D eigenvalue weighted by atomic mass is 9.97. The molecule has 1 aliphatic heterocycles. The first-order valence-corrected chi connectivity index (χ1v) is 12.8. The summed E-state index contributed by atoms with van der Waals surface area (Å²) in [5, 5.41) is 12.1. The molecule has 1 atom stereocenters. The minimum atomic E-state index is -0.921. The van der Waals surface area contributed by atoms with Gasteiger partial charge in [0.25, 0.3) is 0 Å². The molecule has 0 spiro atoms. The molecule has 3 N–H and O–H groups in total. The Labute approximate surface area is 232 Å². The number of carboxylic acid groups (broad SMARTS) is 1. The second-order valence-electron chi connectivity index (χ2n) is 9.31. The van der Waals surface area contributed by atoms with Gasteiger partial charge in [-0.15, -0.1) is 0 Å². The number of nitrogens with zero attached hydrogens (tertiary/aromatic N) is 4. The number of rotatable bonds is 8. The number of carbonyl (C=O) groups excluding carboxylic acids is 1. The number of amides is 1. The Bertz CT molecular complexity index is 1480. The number of ether oxygens (including phenoxy) is 2. The summed E-state index contributed by atoms with van der Waals surface area (Å²) in [6, 6.07) is 11.4. The molecule has 1 aliphatic rings. The number of nitrogens with one attached hydrogen (secondary N) is 2. The highest BCUT2D eigenvalue weighted by Gasteiger charge is 2.19. The number of hydrogen-bond acceptors (Lipinski definition) is 8. The number of H-pyrrole nitrogens is 1. The first kappa shape index (κ1) is 28.7. The van der Waals surface area contributed by atoms with Crippen LogP contribution >= 0.6 is 0 Å². The highest BCUT2D eigenvalue weighted by atomic mass is 16.5. The van der Waals surface area contributed by atoms with E-state index in [-0.39, 0.29) is 20.0 Å². The number of aromatic nitrogens is 4. The van der Waals surface area contributed by atoms with E-state index in [4.69, 9.17) is 14.5 Å². The number of morpholine rings is 1.